The Balaban J connectivity index is 1.46. The molecule has 0 saturated heterocycles. The summed E-state index contributed by atoms with van der Waals surface area (Å²) >= 11 is 0. The molecular formula is C21H23FN4O2. The number of aliphatic imine (C=N–C) groups is 1. The van der Waals surface area contributed by atoms with Gasteiger partial charge in [0.25, 0.3) is 0 Å². The number of rotatable bonds is 7. The zero-order chi connectivity index (χ0) is 19.8. The van der Waals surface area contributed by atoms with Gasteiger partial charge in [-0.25, -0.2) is 9.37 Å². The summed E-state index contributed by atoms with van der Waals surface area (Å²) in [5, 5.41) is 6.51. The predicted molar refractivity (Wildman–Crippen MR) is 107 cm³/mol. The van der Waals surface area contributed by atoms with Crippen LogP contribution in [0.3, 0.4) is 0 Å². The maximum atomic E-state index is 13.0. The van der Waals surface area contributed by atoms with E-state index in [1.165, 1.54) is 12.1 Å². The van der Waals surface area contributed by atoms with Gasteiger partial charge in [0.15, 0.2) is 5.96 Å². The van der Waals surface area contributed by atoms with Crippen molar-refractivity contribution in [3.05, 3.63) is 71.9 Å². The summed E-state index contributed by atoms with van der Waals surface area (Å²) in [6.45, 7) is 1.31. The first-order valence-corrected chi connectivity index (χ1v) is 8.95. The zero-order valence-corrected chi connectivity index (χ0v) is 15.9. The highest BCUT2D eigenvalue weighted by Gasteiger charge is 2.07. The number of guanidine groups is 1. The Hall–Kier alpha value is -3.35. The van der Waals surface area contributed by atoms with Crippen LogP contribution in [0.15, 0.2) is 64.2 Å². The Morgan fingerprint density at radius 2 is 1.86 bits per heavy atom. The fourth-order valence-corrected chi connectivity index (χ4v) is 2.61. The summed E-state index contributed by atoms with van der Waals surface area (Å²) in [7, 11) is 3.38. The van der Waals surface area contributed by atoms with E-state index < -0.39 is 0 Å². The van der Waals surface area contributed by atoms with E-state index in [0.717, 1.165) is 22.6 Å². The molecule has 0 radical (unpaired) electrons. The smallest absolute Gasteiger partial charge is 0.226 e. The number of hydrogen-bond donors (Lipinski definition) is 2. The minimum atomic E-state index is -0.284. The van der Waals surface area contributed by atoms with Crippen molar-refractivity contribution in [3.8, 4) is 17.2 Å². The number of aromatic nitrogens is 1. The van der Waals surface area contributed by atoms with Gasteiger partial charge >= 0.3 is 0 Å². The first-order valence-electron chi connectivity index (χ1n) is 8.95. The normalized spacial score (nSPS) is 11.3. The number of methoxy groups -OCH3 is 1. The third kappa shape index (κ3) is 5.33. The molecule has 1 heterocycles. The molecule has 0 atom stereocenters. The lowest BCUT2D eigenvalue weighted by Crippen LogP contribution is -2.37. The molecule has 2 aromatic carbocycles. The summed E-state index contributed by atoms with van der Waals surface area (Å²) in [6, 6.07) is 13.9. The molecule has 0 amide bonds. The molecule has 28 heavy (non-hydrogen) atoms. The van der Waals surface area contributed by atoms with Gasteiger partial charge in [-0.15, -0.1) is 0 Å². The Bertz CT molecular complexity index is 905. The van der Waals surface area contributed by atoms with Crippen LogP contribution in [0.25, 0.3) is 11.5 Å². The van der Waals surface area contributed by atoms with E-state index in [0.29, 0.717) is 31.4 Å². The van der Waals surface area contributed by atoms with E-state index >= 15 is 0 Å². The van der Waals surface area contributed by atoms with Gasteiger partial charge in [-0.05, 0) is 42.0 Å². The number of ether oxygens (including phenoxy) is 1. The fraction of sp³-hybridized carbons (Fsp3) is 0.238. The summed E-state index contributed by atoms with van der Waals surface area (Å²) in [5.41, 5.74) is 2.69. The van der Waals surface area contributed by atoms with E-state index in [9.17, 15) is 4.39 Å². The van der Waals surface area contributed by atoms with Crippen LogP contribution in [0.4, 0.5) is 4.39 Å². The van der Waals surface area contributed by atoms with Crippen molar-refractivity contribution in [3.63, 3.8) is 0 Å². The molecule has 6 nitrogen and oxygen atoms in total. The monoisotopic (exact) mass is 382 g/mol. The molecule has 1 aromatic heterocycles. The first kappa shape index (κ1) is 19.4. The van der Waals surface area contributed by atoms with Gasteiger partial charge in [-0.1, -0.05) is 12.1 Å². The molecule has 7 heteroatoms. The van der Waals surface area contributed by atoms with Gasteiger partial charge in [0, 0.05) is 32.1 Å². The lowest BCUT2D eigenvalue weighted by atomic mass is 10.2. The Kier molecular flexibility index (Phi) is 6.62. The molecule has 3 aromatic rings. The largest absolute Gasteiger partial charge is 0.497 e. The van der Waals surface area contributed by atoms with Crippen LogP contribution in [-0.4, -0.2) is 31.6 Å². The number of hydrogen-bond acceptors (Lipinski definition) is 4. The van der Waals surface area contributed by atoms with Crippen molar-refractivity contribution < 1.29 is 13.5 Å². The van der Waals surface area contributed by atoms with Gasteiger partial charge in [0.1, 0.15) is 17.8 Å². The average molecular weight is 382 g/mol. The fourth-order valence-electron chi connectivity index (χ4n) is 2.61. The molecule has 146 valence electrons. The molecule has 2 N–H and O–H groups in total. The lowest BCUT2D eigenvalue weighted by molar-refractivity contribution is 0.414. The summed E-state index contributed by atoms with van der Waals surface area (Å²) in [5.74, 6) is 1.74. The maximum absolute atomic E-state index is 13.0. The summed E-state index contributed by atoms with van der Waals surface area (Å²) in [4.78, 5) is 8.66. The number of oxazole rings is 1. The number of benzene rings is 2. The molecule has 0 aliphatic rings. The van der Waals surface area contributed by atoms with E-state index in [2.05, 4.69) is 20.6 Å². The van der Waals surface area contributed by atoms with Crippen LogP contribution < -0.4 is 15.4 Å². The van der Waals surface area contributed by atoms with Gasteiger partial charge in [0.05, 0.1) is 12.8 Å². The predicted octanol–water partition coefficient (Wildman–Crippen LogP) is 3.40. The molecule has 0 aliphatic heterocycles. The highest BCUT2D eigenvalue weighted by atomic mass is 19.1. The maximum Gasteiger partial charge on any atom is 0.226 e. The van der Waals surface area contributed by atoms with Crippen LogP contribution in [0.5, 0.6) is 5.75 Å². The lowest BCUT2D eigenvalue weighted by Gasteiger charge is -2.11. The van der Waals surface area contributed by atoms with Crippen LogP contribution in [0, 0.1) is 5.82 Å². The standard InChI is InChI=1S/C21H23FN4O2/c1-23-21(25-13-15-3-9-19(27-2)10-4-15)24-12-11-18-14-28-20(26-18)16-5-7-17(22)8-6-16/h3-10,14H,11-13H2,1-2H3,(H2,23,24,25). The summed E-state index contributed by atoms with van der Waals surface area (Å²) in [6.07, 6.45) is 2.29. The minimum Gasteiger partial charge on any atom is -0.497 e. The van der Waals surface area contributed by atoms with Crippen molar-refractivity contribution in [1.82, 2.24) is 15.6 Å². The van der Waals surface area contributed by atoms with Crippen LogP contribution in [0.1, 0.15) is 11.3 Å². The van der Waals surface area contributed by atoms with E-state index in [1.54, 1.807) is 32.6 Å². The van der Waals surface area contributed by atoms with Crippen molar-refractivity contribution in [2.75, 3.05) is 20.7 Å². The Morgan fingerprint density at radius 1 is 1.11 bits per heavy atom. The molecule has 0 saturated carbocycles. The highest BCUT2D eigenvalue weighted by molar-refractivity contribution is 5.79. The molecule has 0 fully saturated rings. The topological polar surface area (TPSA) is 71.7 Å². The van der Waals surface area contributed by atoms with E-state index in [4.69, 9.17) is 9.15 Å². The van der Waals surface area contributed by atoms with Crippen LogP contribution >= 0.6 is 0 Å². The Labute approximate surface area is 163 Å². The number of nitrogens with one attached hydrogen (secondary N) is 2. The summed E-state index contributed by atoms with van der Waals surface area (Å²) < 4.78 is 23.6. The van der Waals surface area contributed by atoms with Gasteiger partial charge in [-0.3, -0.25) is 4.99 Å². The first-order chi connectivity index (χ1) is 13.7. The second kappa shape index (κ2) is 9.55. The van der Waals surface area contributed by atoms with Crippen molar-refractivity contribution in [2.24, 2.45) is 4.99 Å². The van der Waals surface area contributed by atoms with E-state index in [-0.39, 0.29) is 5.82 Å². The van der Waals surface area contributed by atoms with Crippen molar-refractivity contribution in [1.29, 1.82) is 0 Å². The highest BCUT2D eigenvalue weighted by Crippen LogP contribution is 2.19. The van der Waals surface area contributed by atoms with Crippen molar-refractivity contribution >= 4 is 5.96 Å². The molecule has 0 bridgehead atoms. The number of nitrogens with zero attached hydrogens (tertiary/aromatic N) is 2. The third-order valence-corrected chi connectivity index (χ3v) is 4.16. The molecule has 0 aliphatic carbocycles. The van der Waals surface area contributed by atoms with Gasteiger partial charge in [0.2, 0.25) is 5.89 Å². The average Bonchev–Trinajstić information content (AvgIpc) is 3.20. The second-order valence-corrected chi connectivity index (χ2v) is 6.10. The van der Waals surface area contributed by atoms with Gasteiger partial charge in [-0.2, -0.15) is 0 Å². The minimum absolute atomic E-state index is 0.284. The van der Waals surface area contributed by atoms with Crippen molar-refractivity contribution in [2.45, 2.75) is 13.0 Å². The molecular weight excluding hydrogens is 359 g/mol. The second-order valence-electron chi connectivity index (χ2n) is 6.10. The number of halogens is 1. The quantitative estimate of drug-likeness (QED) is 0.484. The molecule has 3 rings (SSSR count). The molecule has 0 spiro atoms. The van der Waals surface area contributed by atoms with Crippen LogP contribution in [0.2, 0.25) is 0 Å². The van der Waals surface area contributed by atoms with E-state index in [1.807, 2.05) is 24.3 Å². The third-order valence-electron chi connectivity index (χ3n) is 4.16. The Morgan fingerprint density at radius 3 is 2.54 bits per heavy atom. The van der Waals surface area contributed by atoms with Crippen LogP contribution in [-0.2, 0) is 13.0 Å². The zero-order valence-electron chi connectivity index (χ0n) is 15.9. The molecule has 0 unspecified atom stereocenters. The SMILES string of the molecule is CN=C(NCCc1coc(-c2ccc(F)cc2)n1)NCc1ccc(OC)cc1. The van der Waals surface area contributed by atoms with Gasteiger partial charge < -0.3 is 19.8 Å².